The zero-order valence-corrected chi connectivity index (χ0v) is 19.4. The first-order valence-electron chi connectivity index (χ1n) is 11.2. The summed E-state index contributed by atoms with van der Waals surface area (Å²) in [5.74, 6) is 0.466. The molecule has 4 rings (SSSR count). The van der Waals surface area contributed by atoms with Gasteiger partial charge in [-0.05, 0) is 57.0 Å². The highest BCUT2D eigenvalue weighted by atomic mass is 35.5. The lowest BCUT2D eigenvalue weighted by molar-refractivity contribution is -0.170. The molecule has 3 heterocycles. The molecule has 0 saturated carbocycles. The zero-order chi connectivity index (χ0) is 22.6. The highest BCUT2D eigenvalue weighted by molar-refractivity contribution is 6.33. The third-order valence-corrected chi connectivity index (χ3v) is 6.11. The number of halogens is 1. The lowest BCUT2D eigenvalue weighted by Crippen LogP contribution is -2.44. The van der Waals surface area contributed by atoms with Crippen molar-refractivity contribution in [3.63, 3.8) is 0 Å². The maximum atomic E-state index is 12.6. The number of hydrogen-bond donors (Lipinski definition) is 3. The minimum Gasteiger partial charge on any atom is -0.382 e. The summed E-state index contributed by atoms with van der Waals surface area (Å²) in [5, 5.41) is 10.2. The molecule has 0 unspecified atom stereocenters. The number of rotatable bonds is 6. The molecule has 1 aromatic heterocycles. The van der Waals surface area contributed by atoms with E-state index in [1.807, 2.05) is 44.2 Å². The lowest BCUT2D eigenvalue weighted by atomic mass is 9.99. The maximum Gasteiger partial charge on any atom is 0.229 e. The van der Waals surface area contributed by atoms with Crippen LogP contribution in [0.2, 0.25) is 5.02 Å². The van der Waals surface area contributed by atoms with Gasteiger partial charge in [-0.3, -0.25) is 4.79 Å². The maximum absolute atomic E-state index is 12.6. The molecule has 2 fully saturated rings. The van der Waals surface area contributed by atoms with Crippen molar-refractivity contribution >= 4 is 29.0 Å². The van der Waals surface area contributed by atoms with Crippen LogP contribution >= 0.6 is 11.6 Å². The van der Waals surface area contributed by atoms with Crippen molar-refractivity contribution < 1.29 is 14.3 Å². The molecule has 3 N–H and O–H groups in total. The third-order valence-electron chi connectivity index (χ3n) is 5.81. The van der Waals surface area contributed by atoms with Crippen LogP contribution in [0.5, 0.6) is 0 Å². The van der Waals surface area contributed by atoms with Gasteiger partial charge in [0.15, 0.2) is 0 Å². The number of anilines is 2. The predicted molar refractivity (Wildman–Crippen MR) is 127 cm³/mol. The van der Waals surface area contributed by atoms with Crippen LogP contribution in [0, 0.1) is 5.92 Å². The van der Waals surface area contributed by atoms with Gasteiger partial charge in [0.25, 0.3) is 0 Å². The van der Waals surface area contributed by atoms with Gasteiger partial charge in [0.1, 0.15) is 5.82 Å². The number of pyridine rings is 1. The van der Waals surface area contributed by atoms with E-state index < -0.39 is 0 Å². The van der Waals surface area contributed by atoms with Gasteiger partial charge >= 0.3 is 0 Å². The van der Waals surface area contributed by atoms with E-state index in [0.29, 0.717) is 37.1 Å². The Morgan fingerprint density at radius 2 is 2.22 bits per heavy atom. The molecule has 172 valence electrons. The Bertz CT molecular complexity index is 937. The molecular weight excluding hydrogens is 428 g/mol. The summed E-state index contributed by atoms with van der Waals surface area (Å²) in [5.41, 5.74) is 2.50. The average Bonchev–Trinajstić information content (AvgIpc) is 2.80. The summed E-state index contributed by atoms with van der Waals surface area (Å²) < 4.78 is 11.7. The third kappa shape index (κ3) is 5.98. The Labute approximate surface area is 194 Å². The quantitative estimate of drug-likeness (QED) is 0.608. The fourth-order valence-electron chi connectivity index (χ4n) is 3.91. The van der Waals surface area contributed by atoms with Crippen molar-refractivity contribution in [1.82, 2.24) is 10.3 Å². The van der Waals surface area contributed by atoms with Crippen molar-refractivity contribution in [2.45, 2.75) is 38.4 Å². The minimum atomic E-state index is -0.227. The molecule has 2 aliphatic heterocycles. The summed E-state index contributed by atoms with van der Waals surface area (Å²) in [6.45, 7) is 7.53. The Morgan fingerprint density at radius 3 is 2.97 bits per heavy atom. The summed E-state index contributed by atoms with van der Waals surface area (Å²) in [6, 6.07) is 9.83. The van der Waals surface area contributed by atoms with Gasteiger partial charge in [-0.1, -0.05) is 23.7 Å². The molecule has 0 radical (unpaired) electrons. The molecule has 2 saturated heterocycles. The molecule has 1 aromatic carbocycles. The van der Waals surface area contributed by atoms with E-state index in [1.165, 1.54) is 0 Å². The van der Waals surface area contributed by atoms with Gasteiger partial charge in [0.2, 0.25) is 5.91 Å². The van der Waals surface area contributed by atoms with E-state index in [9.17, 15) is 4.79 Å². The number of nitrogens with zero attached hydrogens (tertiary/aromatic N) is 1. The monoisotopic (exact) mass is 458 g/mol. The second kappa shape index (κ2) is 10.2. The molecule has 1 amide bonds. The van der Waals surface area contributed by atoms with Crippen LogP contribution in [0.3, 0.4) is 0 Å². The van der Waals surface area contributed by atoms with Gasteiger partial charge in [0.05, 0.1) is 35.9 Å². The lowest BCUT2D eigenvalue weighted by Gasteiger charge is -2.35. The average molecular weight is 459 g/mol. The molecule has 32 heavy (non-hydrogen) atoms. The van der Waals surface area contributed by atoms with Crippen molar-refractivity contribution in [3.8, 4) is 11.1 Å². The molecular formula is C24H31ClN4O3. The number of piperidine rings is 1. The number of benzene rings is 1. The number of hydrogen-bond acceptors (Lipinski definition) is 6. The SMILES string of the molecule is CC1(C)CO[C@H](CNc2cccc(-c3cc(NC(=O)[C@@H]4CCCNC4)ncc3Cl)c2)CO1. The highest BCUT2D eigenvalue weighted by Crippen LogP contribution is 2.31. The largest absolute Gasteiger partial charge is 0.382 e. The minimum absolute atomic E-state index is 0.00675. The summed E-state index contributed by atoms with van der Waals surface area (Å²) >= 11 is 6.45. The molecule has 7 nitrogen and oxygen atoms in total. The summed E-state index contributed by atoms with van der Waals surface area (Å²) in [4.78, 5) is 16.9. The molecule has 0 spiro atoms. The molecule has 8 heteroatoms. The number of carbonyl (C=O) groups is 1. The van der Waals surface area contributed by atoms with E-state index in [-0.39, 0.29) is 23.5 Å². The van der Waals surface area contributed by atoms with Gasteiger partial charge in [-0.2, -0.15) is 0 Å². The van der Waals surface area contributed by atoms with Crippen molar-refractivity contribution in [2.75, 3.05) is 43.5 Å². The van der Waals surface area contributed by atoms with E-state index in [1.54, 1.807) is 6.20 Å². The van der Waals surface area contributed by atoms with Crippen LogP contribution < -0.4 is 16.0 Å². The number of ether oxygens (including phenoxy) is 2. The number of aromatic nitrogens is 1. The second-order valence-corrected chi connectivity index (χ2v) is 9.45. The van der Waals surface area contributed by atoms with Crippen LogP contribution in [-0.4, -0.2) is 55.4 Å². The molecule has 2 aromatic rings. The van der Waals surface area contributed by atoms with Gasteiger partial charge in [-0.15, -0.1) is 0 Å². The Kier molecular flexibility index (Phi) is 7.30. The zero-order valence-electron chi connectivity index (χ0n) is 18.6. The van der Waals surface area contributed by atoms with E-state index >= 15 is 0 Å². The van der Waals surface area contributed by atoms with Crippen LogP contribution in [0.1, 0.15) is 26.7 Å². The summed E-state index contributed by atoms with van der Waals surface area (Å²) in [7, 11) is 0. The predicted octanol–water partition coefficient (Wildman–Crippen LogP) is 3.95. The topological polar surface area (TPSA) is 84.5 Å². The van der Waals surface area contributed by atoms with Crippen molar-refractivity contribution in [3.05, 3.63) is 41.6 Å². The Hall–Kier alpha value is -2.19. The Morgan fingerprint density at radius 1 is 1.34 bits per heavy atom. The highest BCUT2D eigenvalue weighted by Gasteiger charge is 2.28. The molecule has 2 atom stereocenters. The second-order valence-electron chi connectivity index (χ2n) is 9.05. The molecule has 0 aliphatic carbocycles. The number of nitrogens with one attached hydrogen (secondary N) is 3. The first kappa shape index (κ1) is 23.0. The van der Waals surface area contributed by atoms with E-state index in [2.05, 4.69) is 20.9 Å². The molecule has 2 aliphatic rings. The fourth-order valence-corrected chi connectivity index (χ4v) is 4.12. The summed E-state index contributed by atoms with van der Waals surface area (Å²) in [6.07, 6.45) is 3.49. The van der Waals surface area contributed by atoms with Crippen LogP contribution in [-0.2, 0) is 14.3 Å². The van der Waals surface area contributed by atoms with Crippen LogP contribution in [0.15, 0.2) is 36.5 Å². The first-order chi connectivity index (χ1) is 15.4. The van der Waals surface area contributed by atoms with Gasteiger partial charge in [0, 0.05) is 30.5 Å². The number of amides is 1. The van der Waals surface area contributed by atoms with Gasteiger partial charge < -0.3 is 25.4 Å². The smallest absolute Gasteiger partial charge is 0.229 e. The van der Waals surface area contributed by atoms with E-state index in [4.69, 9.17) is 21.1 Å². The van der Waals surface area contributed by atoms with Crippen LogP contribution in [0.25, 0.3) is 11.1 Å². The van der Waals surface area contributed by atoms with Crippen molar-refractivity contribution in [1.29, 1.82) is 0 Å². The van der Waals surface area contributed by atoms with Gasteiger partial charge in [-0.25, -0.2) is 4.98 Å². The first-order valence-corrected chi connectivity index (χ1v) is 11.5. The van der Waals surface area contributed by atoms with Crippen molar-refractivity contribution in [2.24, 2.45) is 5.92 Å². The standard InChI is InChI=1S/C24H31ClN4O3/c1-24(2)15-31-19(14-32-24)12-27-18-7-3-5-16(9-18)20-10-22(28-13-21(20)25)29-23(30)17-6-4-8-26-11-17/h3,5,7,9-10,13,17,19,26-27H,4,6,8,11-12,14-15H2,1-2H3,(H,28,29,30)/t17-,19-/m1/s1. The van der Waals surface area contributed by atoms with E-state index in [0.717, 1.165) is 36.2 Å². The number of carbonyl (C=O) groups excluding carboxylic acids is 1. The normalized spacial score (nSPS) is 22.8. The fraction of sp³-hybridized carbons (Fsp3) is 0.500. The molecule has 0 bridgehead atoms. The Balaban J connectivity index is 1.41. The van der Waals surface area contributed by atoms with Crippen LogP contribution in [0.4, 0.5) is 11.5 Å².